The molecule has 1 aliphatic rings. The van der Waals surface area contributed by atoms with Crippen molar-refractivity contribution in [3.05, 3.63) is 41.5 Å². The molecule has 0 aliphatic heterocycles. The Morgan fingerprint density at radius 2 is 2.00 bits per heavy atom. The molecule has 1 atom stereocenters. The van der Waals surface area contributed by atoms with Crippen molar-refractivity contribution in [2.75, 3.05) is 25.6 Å². The molecule has 0 spiro atoms. The molecule has 0 bridgehead atoms. The van der Waals surface area contributed by atoms with Gasteiger partial charge in [-0.3, -0.25) is 4.79 Å². The van der Waals surface area contributed by atoms with Gasteiger partial charge < -0.3 is 15.4 Å². The number of anilines is 1. The Kier molecular flexibility index (Phi) is 4.29. The van der Waals surface area contributed by atoms with Crippen molar-refractivity contribution in [3.63, 3.8) is 0 Å². The second-order valence-corrected chi connectivity index (χ2v) is 5.89. The Morgan fingerprint density at radius 3 is 2.77 bits per heavy atom. The fourth-order valence-corrected chi connectivity index (χ4v) is 3.19. The zero-order valence-electron chi connectivity index (χ0n) is 13.1. The third-order valence-electron chi connectivity index (χ3n) is 4.14. The summed E-state index contributed by atoms with van der Waals surface area (Å²) in [6.07, 6.45) is 2.23. The van der Waals surface area contributed by atoms with Crippen LogP contribution in [-0.2, 0) is 22.4 Å². The molecule has 1 aliphatic carbocycles. The summed E-state index contributed by atoms with van der Waals surface area (Å²) in [6.45, 7) is 2.72. The second-order valence-electron chi connectivity index (χ2n) is 5.89. The summed E-state index contributed by atoms with van der Waals surface area (Å²) in [5, 5.41) is 8.75. The molecule has 0 saturated heterocycles. The van der Waals surface area contributed by atoms with E-state index in [0.29, 0.717) is 6.61 Å². The average molecular weight is 298 g/mol. The number of carbonyl (C=O) groups excluding carboxylic acids is 1. The van der Waals surface area contributed by atoms with Gasteiger partial charge in [0.1, 0.15) is 0 Å². The second kappa shape index (κ2) is 6.36. The first-order valence-corrected chi connectivity index (χ1v) is 7.74. The minimum Gasteiger partial charge on any atom is -0.383 e. The average Bonchev–Trinajstić information content (AvgIpc) is 2.92. The molecule has 0 saturated carbocycles. The molecule has 22 heavy (non-hydrogen) atoms. The predicted octanol–water partition coefficient (Wildman–Crippen LogP) is 2.50. The molecule has 2 aromatic carbocycles. The van der Waals surface area contributed by atoms with Crippen molar-refractivity contribution in [2.24, 2.45) is 0 Å². The Hall–Kier alpha value is -2.07. The first kappa shape index (κ1) is 14.9. The van der Waals surface area contributed by atoms with Crippen LogP contribution in [0, 0.1) is 0 Å². The van der Waals surface area contributed by atoms with E-state index >= 15 is 0 Å². The van der Waals surface area contributed by atoms with Crippen molar-refractivity contribution in [3.8, 4) is 0 Å². The molecule has 1 amide bonds. The molecule has 2 aromatic rings. The van der Waals surface area contributed by atoms with E-state index < -0.39 is 0 Å². The highest BCUT2D eigenvalue weighted by Gasteiger charge is 2.16. The van der Waals surface area contributed by atoms with Gasteiger partial charge in [-0.15, -0.1) is 0 Å². The van der Waals surface area contributed by atoms with Crippen LogP contribution in [0.15, 0.2) is 30.3 Å². The number of nitrogens with one attached hydrogen (secondary N) is 2. The molecule has 116 valence electrons. The molecule has 0 fully saturated rings. The Morgan fingerprint density at radius 1 is 1.23 bits per heavy atom. The predicted molar refractivity (Wildman–Crippen MR) is 89.3 cm³/mol. The molecule has 0 heterocycles. The van der Waals surface area contributed by atoms with Crippen LogP contribution in [0.3, 0.4) is 0 Å². The summed E-state index contributed by atoms with van der Waals surface area (Å²) in [7, 11) is 1.63. The van der Waals surface area contributed by atoms with E-state index in [0.717, 1.165) is 18.5 Å². The number of aryl methyl sites for hydroxylation is 2. The van der Waals surface area contributed by atoms with E-state index in [1.54, 1.807) is 7.11 Å². The van der Waals surface area contributed by atoms with Crippen LogP contribution in [0.25, 0.3) is 10.8 Å². The molecule has 3 rings (SSSR count). The van der Waals surface area contributed by atoms with E-state index in [1.165, 1.54) is 21.9 Å². The molecule has 2 N–H and O–H groups in total. The third kappa shape index (κ3) is 2.92. The van der Waals surface area contributed by atoms with Crippen LogP contribution >= 0.6 is 0 Å². The highest BCUT2D eigenvalue weighted by Crippen LogP contribution is 2.34. The topological polar surface area (TPSA) is 50.4 Å². The molecule has 0 radical (unpaired) electrons. The first-order valence-electron chi connectivity index (χ1n) is 7.74. The lowest BCUT2D eigenvalue weighted by atomic mass is 10.0. The van der Waals surface area contributed by atoms with Gasteiger partial charge in [0.05, 0.1) is 13.2 Å². The number of hydrogen-bond acceptors (Lipinski definition) is 3. The summed E-state index contributed by atoms with van der Waals surface area (Å²) in [5.74, 6) is -0.0206. The number of hydrogen-bond donors (Lipinski definition) is 2. The Labute approximate surface area is 130 Å². The highest BCUT2D eigenvalue weighted by molar-refractivity contribution is 6.00. The summed E-state index contributed by atoms with van der Waals surface area (Å²) in [4.78, 5) is 12.0. The zero-order chi connectivity index (χ0) is 15.5. The summed E-state index contributed by atoms with van der Waals surface area (Å²) in [5.41, 5.74) is 3.85. The first-order chi connectivity index (χ1) is 10.7. The minimum absolute atomic E-state index is 0.0205. The van der Waals surface area contributed by atoms with Crippen molar-refractivity contribution >= 4 is 22.4 Å². The maximum Gasteiger partial charge on any atom is 0.239 e. The van der Waals surface area contributed by atoms with Gasteiger partial charge in [-0.05, 0) is 42.3 Å². The number of amides is 1. The normalized spacial score (nSPS) is 14.1. The van der Waals surface area contributed by atoms with Gasteiger partial charge >= 0.3 is 0 Å². The quantitative estimate of drug-likeness (QED) is 0.861. The molecular formula is C18H22N2O2. The number of carbonyl (C=O) groups is 1. The SMILES string of the molecule is COCC(C)NC(=O)CNc1ccc2c3c(cccc13)CC2. The van der Waals surface area contributed by atoms with Crippen molar-refractivity contribution in [1.29, 1.82) is 0 Å². The maximum atomic E-state index is 12.0. The molecule has 4 heteroatoms. The van der Waals surface area contributed by atoms with E-state index in [2.05, 4.69) is 41.0 Å². The van der Waals surface area contributed by atoms with E-state index in [9.17, 15) is 4.79 Å². The Bertz CT molecular complexity index is 687. The van der Waals surface area contributed by atoms with Crippen molar-refractivity contribution in [2.45, 2.75) is 25.8 Å². The van der Waals surface area contributed by atoms with E-state index in [1.807, 2.05) is 6.92 Å². The highest BCUT2D eigenvalue weighted by atomic mass is 16.5. The van der Waals surface area contributed by atoms with Crippen LogP contribution in [0.4, 0.5) is 5.69 Å². The summed E-state index contributed by atoms with van der Waals surface area (Å²) < 4.78 is 5.02. The van der Waals surface area contributed by atoms with Crippen LogP contribution < -0.4 is 10.6 Å². The lowest BCUT2D eigenvalue weighted by molar-refractivity contribution is -0.120. The van der Waals surface area contributed by atoms with Gasteiger partial charge in [0.2, 0.25) is 5.91 Å². The van der Waals surface area contributed by atoms with Crippen LogP contribution in [-0.4, -0.2) is 32.2 Å². The monoisotopic (exact) mass is 298 g/mol. The van der Waals surface area contributed by atoms with Crippen LogP contribution in [0.1, 0.15) is 18.1 Å². The van der Waals surface area contributed by atoms with Gasteiger partial charge in [0, 0.05) is 24.2 Å². The van der Waals surface area contributed by atoms with Crippen molar-refractivity contribution in [1.82, 2.24) is 5.32 Å². The summed E-state index contributed by atoms with van der Waals surface area (Å²) in [6, 6.07) is 10.7. The van der Waals surface area contributed by atoms with Gasteiger partial charge in [-0.2, -0.15) is 0 Å². The lowest BCUT2D eigenvalue weighted by Gasteiger charge is -2.15. The Balaban J connectivity index is 1.72. The number of benzene rings is 2. The van der Waals surface area contributed by atoms with Gasteiger partial charge in [-0.25, -0.2) is 0 Å². The van der Waals surface area contributed by atoms with Crippen LogP contribution in [0.2, 0.25) is 0 Å². The van der Waals surface area contributed by atoms with E-state index in [4.69, 9.17) is 4.74 Å². The maximum absolute atomic E-state index is 12.0. The third-order valence-corrected chi connectivity index (χ3v) is 4.14. The van der Waals surface area contributed by atoms with Gasteiger partial charge in [-0.1, -0.05) is 24.3 Å². The van der Waals surface area contributed by atoms with E-state index in [-0.39, 0.29) is 18.5 Å². The molecule has 0 aromatic heterocycles. The smallest absolute Gasteiger partial charge is 0.239 e. The lowest BCUT2D eigenvalue weighted by Crippen LogP contribution is -2.39. The van der Waals surface area contributed by atoms with Crippen LogP contribution in [0.5, 0.6) is 0 Å². The molecule has 4 nitrogen and oxygen atoms in total. The van der Waals surface area contributed by atoms with Crippen molar-refractivity contribution < 1.29 is 9.53 Å². The number of rotatable bonds is 6. The molecular weight excluding hydrogens is 276 g/mol. The number of ether oxygens (including phenoxy) is 1. The fourth-order valence-electron chi connectivity index (χ4n) is 3.19. The van der Waals surface area contributed by atoms with Gasteiger partial charge in [0.25, 0.3) is 0 Å². The van der Waals surface area contributed by atoms with Gasteiger partial charge in [0.15, 0.2) is 0 Å². The summed E-state index contributed by atoms with van der Waals surface area (Å²) >= 11 is 0. The zero-order valence-corrected chi connectivity index (χ0v) is 13.1. The largest absolute Gasteiger partial charge is 0.383 e. The molecule has 1 unspecified atom stereocenters. The number of methoxy groups -OCH3 is 1. The standard InChI is InChI=1S/C18H22N2O2/c1-12(11-22-2)20-17(21)10-19-16-9-8-14-7-6-13-4-3-5-15(16)18(13)14/h3-5,8-9,12,19H,6-7,10-11H2,1-2H3,(H,20,21). The fraction of sp³-hybridized carbons (Fsp3) is 0.389. The minimum atomic E-state index is -0.0206.